The SMILES string of the molecule is CCC(OC(=O)c1c(-c2ccccc2)c2ccccc2c(=O)n1C)C(=O)Nc1cc([N+](=O)[O-])ccc1C. The molecular weight excluding hydrogens is 474 g/mol. The molecule has 0 saturated heterocycles. The number of non-ortho nitro benzene ring substituents is 1. The number of carbonyl (C=O) groups is 2. The third kappa shape index (κ3) is 4.97. The van der Waals surface area contributed by atoms with E-state index in [-0.39, 0.29) is 29.0 Å². The topological polar surface area (TPSA) is 121 Å². The largest absolute Gasteiger partial charge is 0.448 e. The Bertz CT molecular complexity index is 1580. The number of nitro benzene ring substituents is 1. The van der Waals surface area contributed by atoms with Crippen LogP contribution in [0.3, 0.4) is 0 Å². The smallest absolute Gasteiger partial charge is 0.356 e. The van der Waals surface area contributed by atoms with E-state index in [2.05, 4.69) is 5.32 Å². The third-order valence-corrected chi connectivity index (χ3v) is 6.16. The zero-order valence-corrected chi connectivity index (χ0v) is 20.6. The first-order valence-electron chi connectivity index (χ1n) is 11.7. The number of hydrogen-bond acceptors (Lipinski definition) is 6. The van der Waals surface area contributed by atoms with Crippen molar-refractivity contribution in [2.45, 2.75) is 26.4 Å². The van der Waals surface area contributed by atoms with Crippen LogP contribution in [0.15, 0.2) is 77.6 Å². The van der Waals surface area contributed by atoms with Crippen LogP contribution in [0.1, 0.15) is 29.4 Å². The van der Waals surface area contributed by atoms with Crippen LogP contribution < -0.4 is 10.9 Å². The minimum Gasteiger partial charge on any atom is -0.448 e. The van der Waals surface area contributed by atoms with Gasteiger partial charge in [0.25, 0.3) is 17.2 Å². The van der Waals surface area contributed by atoms with Gasteiger partial charge in [-0.05, 0) is 35.9 Å². The summed E-state index contributed by atoms with van der Waals surface area (Å²) in [7, 11) is 1.49. The molecule has 4 aromatic rings. The maximum absolute atomic E-state index is 13.5. The number of nitrogens with zero attached hydrogens (tertiary/aromatic N) is 2. The number of fused-ring (bicyclic) bond motifs is 1. The van der Waals surface area contributed by atoms with Gasteiger partial charge in [-0.1, -0.05) is 61.5 Å². The molecule has 4 rings (SSSR count). The van der Waals surface area contributed by atoms with Crippen molar-refractivity contribution in [3.05, 3.63) is 105 Å². The van der Waals surface area contributed by atoms with Crippen LogP contribution in [-0.4, -0.2) is 27.5 Å². The zero-order chi connectivity index (χ0) is 26.7. The number of pyridine rings is 1. The molecule has 1 unspecified atom stereocenters. The number of carbonyl (C=O) groups excluding carboxylic acids is 2. The van der Waals surface area contributed by atoms with E-state index in [9.17, 15) is 24.5 Å². The van der Waals surface area contributed by atoms with Crippen LogP contribution in [0.5, 0.6) is 0 Å². The van der Waals surface area contributed by atoms with E-state index in [0.717, 1.165) is 0 Å². The van der Waals surface area contributed by atoms with Crippen LogP contribution >= 0.6 is 0 Å². The monoisotopic (exact) mass is 499 g/mol. The second-order valence-corrected chi connectivity index (χ2v) is 8.55. The maximum Gasteiger partial charge on any atom is 0.356 e. The number of hydrogen-bond donors (Lipinski definition) is 1. The summed E-state index contributed by atoms with van der Waals surface area (Å²) in [6.07, 6.45) is -1.05. The highest BCUT2D eigenvalue weighted by Gasteiger charge is 2.28. The Morgan fingerprint density at radius 2 is 1.68 bits per heavy atom. The lowest BCUT2D eigenvalue weighted by Crippen LogP contribution is -2.34. The van der Waals surface area contributed by atoms with E-state index in [1.807, 2.05) is 30.3 Å². The number of nitro groups is 1. The van der Waals surface area contributed by atoms with Gasteiger partial charge in [-0.25, -0.2) is 4.79 Å². The molecule has 1 amide bonds. The molecule has 0 spiro atoms. The molecule has 9 heteroatoms. The summed E-state index contributed by atoms with van der Waals surface area (Å²) in [6, 6.07) is 20.3. The third-order valence-electron chi connectivity index (χ3n) is 6.16. The fraction of sp³-hybridized carbons (Fsp3) is 0.179. The van der Waals surface area contributed by atoms with Crippen molar-refractivity contribution in [1.82, 2.24) is 4.57 Å². The number of aryl methyl sites for hydroxylation is 1. The molecule has 0 fully saturated rings. The summed E-state index contributed by atoms with van der Waals surface area (Å²) in [6.45, 7) is 3.37. The molecule has 0 saturated carbocycles. The Morgan fingerprint density at radius 3 is 2.32 bits per heavy atom. The quantitative estimate of drug-likeness (QED) is 0.217. The van der Waals surface area contributed by atoms with Crippen molar-refractivity contribution < 1.29 is 19.2 Å². The molecule has 0 radical (unpaired) electrons. The molecule has 0 bridgehead atoms. The normalized spacial score (nSPS) is 11.6. The van der Waals surface area contributed by atoms with Crippen LogP contribution in [0.2, 0.25) is 0 Å². The van der Waals surface area contributed by atoms with E-state index in [1.54, 1.807) is 38.1 Å². The predicted molar refractivity (Wildman–Crippen MR) is 141 cm³/mol. The highest BCUT2D eigenvalue weighted by atomic mass is 16.6. The van der Waals surface area contributed by atoms with E-state index in [4.69, 9.17) is 4.74 Å². The van der Waals surface area contributed by atoms with Gasteiger partial charge in [0.2, 0.25) is 0 Å². The average molecular weight is 500 g/mol. The highest BCUT2D eigenvalue weighted by Crippen LogP contribution is 2.31. The number of nitrogens with one attached hydrogen (secondary N) is 1. The number of rotatable bonds is 7. The van der Waals surface area contributed by atoms with Crippen LogP contribution in [0, 0.1) is 17.0 Å². The minimum absolute atomic E-state index is 0.0210. The van der Waals surface area contributed by atoms with Gasteiger partial charge in [-0.15, -0.1) is 0 Å². The van der Waals surface area contributed by atoms with Gasteiger partial charge in [0.15, 0.2) is 6.10 Å². The second kappa shape index (κ2) is 10.4. The minimum atomic E-state index is -1.20. The number of aromatic nitrogens is 1. The van der Waals surface area contributed by atoms with Crippen molar-refractivity contribution in [2.24, 2.45) is 7.05 Å². The summed E-state index contributed by atoms with van der Waals surface area (Å²) in [5, 5.41) is 14.8. The lowest BCUT2D eigenvalue weighted by molar-refractivity contribution is -0.384. The number of ether oxygens (including phenoxy) is 1. The molecule has 0 aliphatic rings. The van der Waals surface area contributed by atoms with Crippen LogP contribution in [-0.2, 0) is 16.6 Å². The van der Waals surface area contributed by atoms with Gasteiger partial charge in [0.1, 0.15) is 5.69 Å². The fourth-order valence-electron chi connectivity index (χ4n) is 4.18. The van der Waals surface area contributed by atoms with Gasteiger partial charge >= 0.3 is 5.97 Å². The Hall–Kier alpha value is -4.79. The van der Waals surface area contributed by atoms with Crippen molar-refractivity contribution in [1.29, 1.82) is 0 Å². The lowest BCUT2D eigenvalue weighted by atomic mass is 9.97. The molecule has 188 valence electrons. The summed E-state index contributed by atoms with van der Waals surface area (Å²) in [5.41, 5.74) is 1.57. The first kappa shape index (κ1) is 25.3. The first-order valence-corrected chi connectivity index (χ1v) is 11.7. The highest BCUT2D eigenvalue weighted by molar-refractivity contribution is 6.07. The Morgan fingerprint density at radius 1 is 1.03 bits per heavy atom. The van der Waals surface area contributed by atoms with E-state index in [0.29, 0.717) is 27.5 Å². The summed E-state index contributed by atoms with van der Waals surface area (Å²) in [5.74, 6) is -1.46. The second-order valence-electron chi connectivity index (χ2n) is 8.55. The maximum atomic E-state index is 13.5. The van der Waals surface area contributed by atoms with Crippen molar-refractivity contribution in [3.63, 3.8) is 0 Å². The molecular formula is C28H25N3O6. The average Bonchev–Trinajstić information content (AvgIpc) is 2.90. The zero-order valence-electron chi connectivity index (χ0n) is 20.6. The molecule has 1 atom stereocenters. The number of amides is 1. The molecule has 0 aliphatic heterocycles. The molecule has 3 aromatic carbocycles. The molecule has 1 aromatic heterocycles. The van der Waals surface area contributed by atoms with E-state index in [1.165, 1.54) is 29.8 Å². The Balaban J connectivity index is 1.73. The molecule has 0 aliphatic carbocycles. The van der Waals surface area contributed by atoms with E-state index < -0.39 is 22.9 Å². The van der Waals surface area contributed by atoms with Crippen molar-refractivity contribution >= 4 is 34.0 Å². The molecule has 1 heterocycles. The summed E-state index contributed by atoms with van der Waals surface area (Å²) in [4.78, 5) is 50.3. The number of anilines is 1. The Labute approximate surface area is 212 Å². The van der Waals surface area contributed by atoms with E-state index >= 15 is 0 Å². The van der Waals surface area contributed by atoms with Crippen LogP contribution in [0.4, 0.5) is 11.4 Å². The Kier molecular flexibility index (Phi) is 7.15. The van der Waals surface area contributed by atoms with Crippen molar-refractivity contribution in [3.8, 4) is 11.1 Å². The number of esters is 1. The molecule has 1 N–H and O–H groups in total. The summed E-state index contributed by atoms with van der Waals surface area (Å²) >= 11 is 0. The summed E-state index contributed by atoms with van der Waals surface area (Å²) < 4.78 is 6.88. The molecule has 37 heavy (non-hydrogen) atoms. The van der Waals surface area contributed by atoms with Gasteiger partial charge in [0, 0.05) is 30.1 Å². The first-order chi connectivity index (χ1) is 17.7. The lowest BCUT2D eigenvalue weighted by Gasteiger charge is -2.20. The van der Waals surface area contributed by atoms with Gasteiger partial charge in [0.05, 0.1) is 10.6 Å². The van der Waals surface area contributed by atoms with Crippen molar-refractivity contribution in [2.75, 3.05) is 5.32 Å². The van der Waals surface area contributed by atoms with Gasteiger partial charge in [-0.3, -0.25) is 19.7 Å². The number of benzene rings is 3. The predicted octanol–water partition coefficient (Wildman–Crippen LogP) is 5.00. The molecule has 9 nitrogen and oxygen atoms in total. The van der Waals surface area contributed by atoms with Gasteiger partial charge < -0.3 is 14.6 Å². The fourth-order valence-corrected chi connectivity index (χ4v) is 4.18. The van der Waals surface area contributed by atoms with Gasteiger partial charge in [-0.2, -0.15) is 0 Å². The van der Waals surface area contributed by atoms with Crippen LogP contribution in [0.25, 0.3) is 21.9 Å². The standard InChI is InChI=1S/C28H25N3O6/c1-4-23(26(32)29-22-16-19(31(35)36)15-14-17(22)2)37-28(34)25-24(18-10-6-5-7-11-18)20-12-8-9-13-21(20)27(33)30(25)3/h5-16,23H,4H2,1-3H3,(H,29,32).